The molecule has 0 unspecified atom stereocenters. The molecule has 1 aromatic heterocycles. The Morgan fingerprint density at radius 3 is 2.92 bits per heavy atom. The molecular formula is C18H22ClN3OS. The van der Waals surface area contributed by atoms with Crippen LogP contribution in [0.2, 0.25) is 5.02 Å². The average Bonchev–Trinajstić information content (AvgIpc) is 2.81. The van der Waals surface area contributed by atoms with Crippen LogP contribution in [0.25, 0.3) is 0 Å². The number of amides is 1. The molecule has 4 nitrogen and oxygen atoms in total. The van der Waals surface area contributed by atoms with Gasteiger partial charge in [-0.05, 0) is 31.0 Å². The van der Waals surface area contributed by atoms with Gasteiger partial charge in [0.2, 0.25) is 5.91 Å². The fraction of sp³-hybridized carbons (Fsp3) is 0.444. The molecule has 2 aromatic rings. The summed E-state index contributed by atoms with van der Waals surface area (Å²) in [6, 6.07) is 7.55. The molecule has 1 aliphatic heterocycles. The van der Waals surface area contributed by atoms with Gasteiger partial charge in [0.05, 0.1) is 17.1 Å². The van der Waals surface area contributed by atoms with Gasteiger partial charge in [-0.2, -0.15) is 0 Å². The molecule has 0 bridgehead atoms. The first kappa shape index (κ1) is 17.4. The number of aryl methyl sites for hydroxylation is 1. The van der Waals surface area contributed by atoms with Gasteiger partial charge in [-0.3, -0.25) is 9.69 Å². The maximum absolute atomic E-state index is 12.6. The van der Waals surface area contributed by atoms with Crippen molar-refractivity contribution in [2.45, 2.75) is 26.3 Å². The topological polar surface area (TPSA) is 36.4 Å². The number of halogens is 1. The number of hydrogen-bond donors (Lipinski definition) is 0. The molecule has 0 aliphatic carbocycles. The second kappa shape index (κ2) is 8.10. The van der Waals surface area contributed by atoms with Gasteiger partial charge < -0.3 is 4.90 Å². The van der Waals surface area contributed by atoms with Crippen molar-refractivity contribution in [1.82, 2.24) is 14.8 Å². The highest BCUT2D eigenvalue weighted by molar-refractivity contribution is 7.09. The summed E-state index contributed by atoms with van der Waals surface area (Å²) in [5.74, 6) is 0.184. The summed E-state index contributed by atoms with van der Waals surface area (Å²) in [5.41, 5.74) is 2.11. The number of hydrogen-bond acceptors (Lipinski definition) is 4. The summed E-state index contributed by atoms with van der Waals surface area (Å²) < 4.78 is 0. The van der Waals surface area contributed by atoms with Crippen molar-refractivity contribution in [3.05, 3.63) is 50.9 Å². The van der Waals surface area contributed by atoms with E-state index in [-0.39, 0.29) is 5.91 Å². The summed E-state index contributed by atoms with van der Waals surface area (Å²) in [4.78, 5) is 21.5. The molecule has 128 valence electrons. The Labute approximate surface area is 152 Å². The van der Waals surface area contributed by atoms with Crippen molar-refractivity contribution in [1.29, 1.82) is 0 Å². The van der Waals surface area contributed by atoms with Gasteiger partial charge in [0.1, 0.15) is 0 Å². The summed E-state index contributed by atoms with van der Waals surface area (Å²) in [5, 5.41) is 3.92. The van der Waals surface area contributed by atoms with Crippen LogP contribution in [0.4, 0.5) is 0 Å². The van der Waals surface area contributed by atoms with Gasteiger partial charge in [0, 0.05) is 43.1 Å². The van der Waals surface area contributed by atoms with Crippen LogP contribution < -0.4 is 0 Å². The van der Waals surface area contributed by atoms with Crippen LogP contribution in [0.1, 0.15) is 22.7 Å². The van der Waals surface area contributed by atoms with Crippen LogP contribution >= 0.6 is 22.9 Å². The molecule has 0 saturated carbocycles. The first-order chi connectivity index (χ1) is 11.6. The zero-order valence-corrected chi connectivity index (χ0v) is 15.4. The number of aromatic nitrogens is 1. The van der Waals surface area contributed by atoms with Crippen LogP contribution in [0, 0.1) is 6.92 Å². The third-order valence-electron chi connectivity index (χ3n) is 4.24. The zero-order valence-electron chi connectivity index (χ0n) is 13.9. The smallest absolute Gasteiger partial charge is 0.227 e. The van der Waals surface area contributed by atoms with E-state index < -0.39 is 0 Å². The highest BCUT2D eigenvalue weighted by atomic mass is 35.5. The van der Waals surface area contributed by atoms with Gasteiger partial charge in [0.15, 0.2) is 0 Å². The summed E-state index contributed by atoms with van der Waals surface area (Å²) >= 11 is 7.69. The molecule has 6 heteroatoms. The summed E-state index contributed by atoms with van der Waals surface area (Å²) in [7, 11) is 0. The molecule has 2 heterocycles. The summed E-state index contributed by atoms with van der Waals surface area (Å²) in [6.07, 6.45) is 1.43. The normalized spacial score (nSPS) is 16.2. The number of benzene rings is 1. The van der Waals surface area contributed by atoms with Crippen molar-refractivity contribution in [2.24, 2.45) is 0 Å². The van der Waals surface area contributed by atoms with Crippen molar-refractivity contribution >= 4 is 28.8 Å². The molecule has 0 N–H and O–H groups in total. The summed E-state index contributed by atoms with van der Waals surface area (Å²) in [6.45, 7) is 6.43. The molecular weight excluding hydrogens is 342 g/mol. The Balaban J connectivity index is 1.53. The van der Waals surface area contributed by atoms with Crippen molar-refractivity contribution in [2.75, 3.05) is 26.2 Å². The molecule has 24 heavy (non-hydrogen) atoms. The number of thiazole rings is 1. The number of rotatable bonds is 4. The van der Waals surface area contributed by atoms with Gasteiger partial charge in [0.25, 0.3) is 0 Å². The Bertz CT molecular complexity index is 703. The minimum atomic E-state index is 0.184. The Hall–Kier alpha value is -1.43. The molecule has 0 spiro atoms. The minimum absolute atomic E-state index is 0.184. The van der Waals surface area contributed by atoms with Crippen molar-refractivity contribution in [3.63, 3.8) is 0 Å². The number of carbonyl (C=O) groups excluding carboxylic acids is 1. The first-order valence-electron chi connectivity index (χ1n) is 8.26. The lowest BCUT2D eigenvalue weighted by Gasteiger charge is -2.21. The molecule has 1 aliphatic rings. The van der Waals surface area contributed by atoms with Gasteiger partial charge in [-0.15, -0.1) is 11.3 Å². The Morgan fingerprint density at radius 2 is 2.17 bits per heavy atom. The number of nitrogens with zero attached hydrogens (tertiary/aromatic N) is 3. The largest absolute Gasteiger partial charge is 0.341 e. The van der Waals surface area contributed by atoms with Crippen LogP contribution in [-0.4, -0.2) is 46.9 Å². The number of carbonyl (C=O) groups is 1. The highest BCUT2D eigenvalue weighted by Gasteiger charge is 2.19. The Morgan fingerprint density at radius 1 is 1.29 bits per heavy atom. The third-order valence-corrected chi connectivity index (χ3v) is 5.30. The lowest BCUT2D eigenvalue weighted by molar-refractivity contribution is -0.130. The van der Waals surface area contributed by atoms with Crippen LogP contribution in [0.3, 0.4) is 0 Å². The van der Waals surface area contributed by atoms with E-state index in [9.17, 15) is 4.79 Å². The monoisotopic (exact) mass is 363 g/mol. The predicted molar refractivity (Wildman–Crippen MR) is 98.5 cm³/mol. The molecule has 0 radical (unpaired) electrons. The first-order valence-corrected chi connectivity index (χ1v) is 9.51. The average molecular weight is 364 g/mol. The van der Waals surface area contributed by atoms with E-state index >= 15 is 0 Å². The standard InChI is InChI=1S/C18H22ClN3OS/c1-14-20-17(13-24-14)12-21-6-3-7-22(9-8-21)18(23)11-15-4-2-5-16(19)10-15/h2,4-5,10,13H,3,6-9,11-12H2,1H3. The van der Waals surface area contributed by atoms with Crippen LogP contribution in [0.5, 0.6) is 0 Å². The maximum Gasteiger partial charge on any atom is 0.227 e. The Kier molecular flexibility index (Phi) is 5.87. The molecule has 1 aromatic carbocycles. The van der Waals surface area contributed by atoms with E-state index in [1.54, 1.807) is 11.3 Å². The van der Waals surface area contributed by atoms with E-state index in [1.807, 2.05) is 36.1 Å². The maximum atomic E-state index is 12.6. The lowest BCUT2D eigenvalue weighted by Crippen LogP contribution is -2.36. The fourth-order valence-electron chi connectivity index (χ4n) is 3.02. The van der Waals surface area contributed by atoms with Crippen LogP contribution in [0.15, 0.2) is 29.6 Å². The van der Waals surface area contributed by atoms with E-state index in [0.717, 1.165) is 55.4 Å². The third kappa shape index (κ3) is 4.79. The minimum Gasteiger partial charge on any atom is -0.341 e. The highest BCUT2D eigenvalue weighted by Crippen LogP contribution is 2.15. The van der Waals surface area contributed by atoms with E-state index in [1.165, 1.54) is 0 Å². The second-order valence-corrected chi connectivity index (χ2v) is 7.67. The lowest BCUT2D eigenvalue weighted by atomic mass is 10.1. The van der Waals surface area contributed by atoms with Crippen molar-refractivity contribution in [3.8, 4) is 0 Å². The van der Waals surface area contributed by atoms with Crippen LogP contribution in [-0.2, 0) is 17.8 Å². The van der Waals surface area contributed by atoms with Gasteiger partial charge in [-0.1, -0.05) is 23.7 Å². The van der Waals surface area contributed by atoms with E-state index in [4.69, 9.17) is 11.6 Å². The van der Waals surface area contributed by atoms with Crippen molar-refractivity contribution < 1.29 is 4.79 Å². The predicted octanol–water partition coefficient (Wildman–Crippen LogP) is 3.38. The zero-order chi connectivity index (χ0) is 16.9. The molecule has 1 amide bonds. The van der Waals surface area contributed by atoms with E-state index in [2.05, 4.69) is 15.3 Å². The van der Waals surface area contributed by atoms with Gasteiger partial charge in [-0.25, -0.2) is 4.98 Å². The SMILES string of the molecule is Cc1nc(CN2CCCN(C(=O)Cc3cccc(Cl)c3)CC2)cs1. The molecule has 0 atom stereocenters. The molecule has 1 fully saturated rings. The van der Waals surface area contributed by atoms with E-state index in [0.29, 0.717) is 11.4 Å². The molecule has 3 rings (SSSR count). The van der Waals surface area contributed by atoms with Gasteiger partial charge >= 0.3 is 0 Å². The second-order valence-electron chi connectivity index (χ2n) is 6.18. The molecule has 1 saturated heterocycles. The quantitative estimate of drug-likeness (QED) is 0.835. The fourth-order valence-corrected chi connectivity index (χ4v) is 3.84.